The predicted octanol–water partition coefficient (Wildman–Crippen LogP) is 2.79. The van der Waals surface area contributed by atoms with Crippen LogP contribution in [0.1, 0.15) is 5.56 Å². The van der Waals surface area contributed by atoms with Gasteiger partial charge in [-0.3, -0.25) is 0 Å². The molecule has 0 atom stereocenters. The molecule has 0 unspecified atom stereocenters. The quantitative estimate of drug-likeness (QED) is 0.608. The summed E-state index contributed by atoms with van der Waals surface area (Å²) in [6.07, 6.45) is 0. The summed E-state index contributed by atoms with van der Waals surface area (Å²) in [7, 11) is 0. The van der Waals surface area contributed by atoms with Crippen LogP contribution in [0.25, 0.3) is 0 Å². The van der Waals surface area contributed by atoms with Crippen LogP contribution >= 0.6 is 0 Å². The lowest BCUT2D eigenvalue weighted by atomic mass is 10.2. The van der Waals surface area contributed by atoms with Gasteiger partial charge in [0, 0.05) is 0 Å². The average Bonchev–Trinajstić information content (AvgIpc) is 2.03. The van der Waals surface area contributed by atoms with Crippen LogP contribution in [0.2, 0.25) is 0 Å². The summed E-state index contributed by atoms with van der Waals surface area (Å²) >= 11 is 0. The highest BCUT2D eigenvalue weighted by molar-refractivity contribution is 5.52. The standard InChI is InChI=1S/C7H6N2O2/c1-5-2-6(8-10)4-7(3-5)9-11/h2-4H,1H3. The molecule has 0 aliphatic rings. The van der Waals surface area contributed by atoms with Crippen LogP contribution in [-0.2, 0) is 0 Å². The lowest BCUT2D eigenvalue weighted by Crippen LogP contribution is -1.70. The maximum Gasteiger partial charge on any atom is 0.110 e. The van der Waals surface area contributed by atoms with E-state index in [0.717, 1.165) is 5.56 Å². The molecule has 0 heterocycles. The third-order valence-corrected chi connectivity index (χ3v) is 1.26. The second-order valence-corrected chi connectivity index (χ2v) is 2.21. The van der Waals surface area contributed by atoms with Crippen molar-refractivity contribution < 1.29 is 0 Å². The summed E-state index contributed by atoms with van der Waals surface area (Å²) in [6.45, 7) is 1.77. The first-order valence-electron chi connectivity index (χ1n) is 3.04. The minimum Gasteiger partial charge on any atom is -0.145 e. The fourth-order valence-corrected chi connectivity index (χ4v) is 0.848. The van der Waals surface area contributed by atoms with Gasteiger partial charge in [-0.25, -0.2) is 0 Å². The molecule has 0 bridgehead atoms. The van der Waals surface area contributed by atoms with Gasteiger partial charge in [0.05, 0.1) is 0 Å². The van der Waals surface area contributed by atoms with Crippen LogP contribution in [0.5, 0.6) is 0 Å². The van der Waals surface area contributed by atoms with Crippen molar-refractivity contribution in [2.75, 3.05) is 0 Å². The Hall–Kier alpha value is -1.58. The normalized spacial score (nSPS) is 9.18. The van der Waals surface area contributed by atoms with Gasteiger partial charge in [-0.1, -0.05) is 0 Å². The zero-order valence-electron chi connectivity index (χ0n) is 5.94. The van der Waals surface area contributed by atoms with Gasteiger partial charge in [0.1, 0.15) is 11.4 Å². The van der Waals surface area contributed by atoms with Crippen LogP contribution < -0.4 is 0 Å². The molecule has 0 aliphatic heterocycles. The van der Waals surface area contributed by atoms with Crippen molar-refractivity contribution in [2.45, 2.75) is 6.92 Å². The molecule has 1 aromatic rings. The van der Waals surface area contributed by atoms with E-state index in [1.54, 1.807) is 19.1 Å². The van der Waals surface area contributed by atoms with Gasteiger partial charge >= 0.3 is 0 Å². The number of nitrogens with zero attached hydrogens (tertiary/aromatic N) is 2. The topological polar surface area (TPSA) is 58.9 Å². The van der Waals surface area contributed by atoms with E-state index in [9.17, 15) is 9.81 Å². The molecule has 0 amide bonds. The van der Waals surface area contributed by atoms with E-state index in [2.05, 4.69) is 10.4 Å². The summed E-state index contributed by atoms with van der Waals surface area (Å²) in [5.74, 6) is 0. The average molecular weight is 150 g/mol. The minimum atomic E-state index is 0.236. The summed E-state index contributed by atoms with van der Waals surface area (Å²) in [5, 5.41) is 5.38. The van der Waals surface area contributed by atoms with E-state index in [-0.39, 0.29) is 11.4 Å². The van der Waals surface area contributed by atoms with Crippen molar-refractivity contribution in [1.82, 2.24) is 0 Å². The second-order valence-electron chi connectivity index (χ2n) is 2.21. The fourth-order valence-electron chi connectivity index (χ4n) is 0.848. The molecule has 0 aliphatic carbocycles. The predicted molar refractivity (Wildman–Crippen MR) is 42.1 cm³/mol. The SMILES string of the molecule is Cc1cc(N=O)cc(N=O)c1. The van der Waals surface area contributed by atoms with E-state index < -0.39 is 0 Å². The van der Waals surface area contributed by atoms with Gasteiger partial charge in [-0.15, -0.1) is 9.81 Å². The first-order chi connectivity index (χ1) is 5.26. The second kappa shape index (κ2) is 3.01. The van der Waals surface area contributed by atoms with E-state index in [0.29, 0.717) is 0 Å². The summed E-state index contributed by atoms with van der Waals surface area (Å²) in [6, 6.07) is 4.51. The van der Waals surface area contributed by atoms with Crippen LogP contribution in [0.15, 0.2) is 28.6 Å². The van der Waals surface area contributed by atoms with E-state index >= 15 is 0 Å². The number of aryl methyl sites for hydroxylation is 1. The molecule has 56 valence electrons. The highest BCUT2D eigenvalue weighted by Gasteiger charge is 1.97. The Balaban J connectivity index is 3.21. The van der Waals surface area contributed by atoms with Gasteiger partial charge in [-0.2, -0.15) is 0 Å². The molecular weight excluding hydrogens is 144 g/mol. The highest BCUT2D eigenvalue weighted by Crippen LogP contribution is 2.22. The lowest BCUT2D eigenvalue weighted by molar-refractivity contribution is 1.38. The van der Waals surface area contributed by atoms with Crippen LogP contribution in [0, 0.1) is 16.7 Å². The van der Waals surface area contributed by atoms with E-state index in [1.165, 1.54) is 6.07 Å². The Morgan fingerprint density at radius 3 is 1.82 bits per heavy atom. The Bertz CT molecular complexity index is 270. The Morgan fingerprint density at radius 2 is 1.45 bits per heavy atom. The smallest absolute Gasteiger partial charge is 0.110 e. The maximum absolute atomic E-state index is 10.0. The first-order valence-corrected chi connectivity index (χ1v) is 3.04. The van der Waals surface area contributed by atoms with Crippen molar-refractivity contribution in [3.8, 4) is 0 Å². The molecule has 0 aromatic heterocycles. The minimum absolute atomic E-state index is 0.236. The zero-order valence-corrected chi connectivity index (χ0v) is 5.94. The summed E-state index contributed by atoms with van der Waals surface area (Å²) in [4.78, 5) is 20.1. The maximum atomic E-state index is 10.0. The van der Waals surface area contributed by atoms with Crippen molar-refractivity contribution in [3.63, 3.8) is 0 Å². The number of hydrogen-bond donors (Lipinski definition) is 0. The number of hydrogen-bond acceptors (Lipinski definition) is 4. The molecule has 0 spiro atoms. The van der Waals surface area contributed by atoms with Gasteiger partial charge in [-0.05, 0) is 41.0 Å². The zero-order chi connectivity index (χ0) is 8.27. The largest absolute Gasteiger partial charge is 0.145 e. The number of benzene rings is 1. The van der Waals surface area contributed by atoms with Crippen molar-refractivity contribution in [3.05, 3.63) is 33.6 Å². The van der Waals surface area contributed by atoms with E-state index in [4.69, 9.17) is 0 Å². The monoisotopic (exact) mass is 150 g/mol. The molecule has 0 radical (unpaired) electrons. The van der Waals surface area contributed by atoms with Crippen LogP contribution in [-0.4, -0.2) is 0 Å². The fraction of sp³-hybridized carbons (Fsp3) is 0.143. The van der Waals surface area contributed by atoms with E-state index in [1.807, 2.05) is 0 Å². The van der Waals surface area contributed by atoms with Crippen molar-refractivity contribution in [2.24, 2.45) is 10.4 Å². The highest BCUT2D eigenvalue weighted by atomic mass is 16.3. The molecular formula is C7H6N2O2. The molecule has 4 heteroatoms. The van der Waals surface area contributed by atoms with Crippen LogP contribution in [0.3, 0.4) is 0 Å². The van der Waals surface area contributed by atoms with Gasteiger partial charge in [0.2, 0.25) is 0 Å². The Morgan fingerprint density at radius 1 is 1.00 bits per heavy atom. The third-order valence-electron chi connectivity index (χ3n) is 1.26. The Labute approximate surface area is 63.2 Å². The molecule has 1 aromatic carbocycles. The number of nitroso groups, excluding NO2 is 2. The molecule has 1 rings (SSSR count). The summed E-state index contributed by atoms with van der Waals surface area (Å²) in [5.41, 5.74) is 1.27. The molecule has 11 heavy (non-hydrogen) atoms. The molecule has 4 nitrogen and oxygen atoms in total. The molecule has 0 saturated carbocycles. The van der Waals surface area contributed by atoms with Crippen molar-refractivity contribution in [1.29, 1.82) is 0 Å². The molecule has 0 N–H and O–H groups in total. The number of rotatable bonds is 2. The third kappa shape index (κ3) is 1.67. The lowest BCUT2D eigenvalue weighted by Gasteiger charge is -1.93. The van der Waals surface area contributed by atoms with Crippen LogP contribution in [0.4, 0.5) is 11.4 Å². The van der Waals surface area contributed by atoms with Crippen molar-refractivity contribution >= 4 is 11.4 Å². The first kappa shape index (κ1) is 7.53. The van der Waals surface area contributed by atoms with Gasteiger partial charge in [0.25, 0.3) is 0 Å². The van der Waals surface area contributed by atoms with Gasteiger partial charge in [0.15, 0.2) is 0 Å². The van der Waals surface area contributed by atoms with Gasteiger partial charge < -0.3 is 0 Å². The molecule has 0 saturated heterocycles. The molecule has 0 fully saturated rings. The Kier molecular flexibility index (Phi) is 2.06. The summed E-state index contributed by atoms with van der Waals surface area (Å²) < 4.78 is 0.